The largest absolute Gasteiger partial charge is 0.457 e. The van der Waals surface area contributed by atoms with Gasteiger partial charge in [0.1, 0.15) is 5.60 Å². The number of hydrogen-bond acceptors (Lipinski definition) is 7. The number of nitriles is 1. The van der Waals surface area contributed by atoms with Crippen LogP contribution in [-0.2, 0) is 25.5 Å². The summed E-state index contributed by atoms with van der Waals surface area (Å²) in [6, 6.07) is 8.66. The maximum Gasteiger partial charge on any atom is 0.310 e. The zero-order chi connectivity index (χ0) is 26.6. The number of esters is 1. The monoisotopic (exact) mass is 503 g/mol. The molecule has 3 fully saturated rings. The van der Waals surface area contributed by atoms with Gasteiger partial charge >= 0.3 is 5.97 Å². The summed E-state index contributed by atoms with van der Waals surface area (Å²) >= 11 is 0. The van der Waals surface area contributed by atoms with Gasteiger partial charge in [0, 0.05) is 16.7 Å². The van der Waals surface area contributed by atoms with E-state index in [-0.39, 0.29) is 42.8 Å². The van der Waals surface area contributed by atoms with Crippen molar-refractivity contribution in [1.29, 1.82) is 5.26 Å². The third-order valence-corrected chi connectivity index (χ3v) is 9.88. The van der Waals surface area contributed by atoms with Crippen LogP contribution in [0.2, 0.25) is 0 Å². The first-order valence-electron chi connectivity index (χ1n) is 13.0. The van der Waals surface area contributed by atoms with Gasteiger partial charge < -0.3 is 14.9 Å². The molecule has 0 saturated heterocycles. The van der Waals surface area contributed by atoms with Crippen molar-refractivity contribution in [2.24, 2.45) is 28.6 Å². The second-order valence-electron chi connectivity index (χ2n) is 11.7. The van der Waals surface area contributed by atoms with Crippen molar-refractivity contribution in [2.45, 2.75) is 64.1 Å². The van der Waals surface area contributed by atoms with Gasteiger partial charge in [-0.05, 0) is 73.8 Å². The van der Waals surface area contributed by atoms with E-state index in [0.29, 0.717) is 17.5 Å². The topological polar surface area (TPSA) is 125 Å². The molecule has 0 aliphatic heterocycles. The lowest BCUT2D eigenvalue weighted by Crippen LogP contribution is -2.61. The zero-order valence-corrected chi connectivity index (χ0v) is 21.3. The van der Waals surface area contributed by atoms with Gasteiger partial charge in [-0.1, -0.05) is 37.6 Å². The fourth-order valence-electron chi connectivity index (χ4n) is 8.02. The number of nitrogens with zero attached hydrogens (tertiary/aromatic N) is 1. The Hall–Kier alpha value is -3.08. The molecule has 7 heteroatoms. The first-order chi connectivity index (χ1) is 17.5. The third-order valence-electron chi connectivity index (χ3n) is 9.88. The maximum absolute atomic E-state index is 13.4. The Kier molecular flexibility index (Phi) is 6.24. The number of aliphatic hydroxyl groups is 2. The molecule has 0 heterocycles. The van der Waals surface area contributed by atoms with Crippen LogP contribution in [0.5, 0.6) is 0 Å². The van der Waals surface area contributed by atoms with Crippen LogP contribution in [0, 0.1) is 39.9 Å². The Morgan fingerprint density at radius 3 is 2.78 bits per heavy atom. The zero-order valence-electron chi connectivity index (χ0n) is 21.3. The van der Waals surface area contributed by atoms with Crippen molar-refractivity contribution in [3.05, 3.63) is 59.2 Å². The first kappa shape index (κ1) is 25.6. The van der Waals surface area contributed by atoms with Gasteiger partial charge in [0.25, 0.3) is 0 Å². The van der Waals surface area contributed by atoms with Crippen molar-refractivity contribution < 1.29 is 29.3 Å². The Morgan fingerprint density at radius 1 is 1.24 bits per heavy atom. The number of carbonyl (C=O) groups excluding carboxylic acids is 3. The molecule has 1 aromatic carbocycles. The van der Waals surface area contributed by atoms with E-state index in [1.165, 1.54) is 0 Å². The number of carbonyl (C=O) groups is 3. The van der Waals surface area contributed by atoms with Crippen molar-refractivity contribution in [3.8, 4) is 6.07 Å². The highest BCUT2D eigenvalue weighted by Gasteiger charge is 2.68. The minimum atomic E-state index is -1.69. The van der Waals surface area contributed by atoms with Crippen LogP contribution >= 0.6 is 0 Å². The number of ketones is 2. The normalized spacial score (nSPS) is 38.0. The van der Waals surface area contributed by atoms with Gasteiger partial charge in [-0.3, -0.25) is 14.4 Å². The Bertz CT molecular complexity index is 1260. The van der Waals surface area contributed by atoms with E-state index in [1.54, 1.807) is 36.4 Å². The molecule has 5 rings (SSSR count). The number of Topliss-reactive ketones (excluding diaryl/α,β-unsaturated/α-hetero) is 1. The third kappa shape index (κ3) is 3.98. The Labute approximate surface area is 216 Å². The van der Waals surface area contributed by atoms with Gasteiger partial charge in [-0.25, -0.2) is 0 Å². The molecule has 194 valence electrons. The van der Waals surface area contributed by atoms with Crippen molar-refractivity contribution >= 4 is 17.5 Å². The van der Waals surface area contributed by atoms with Gasteiger partial charge in [0.05, 0.1) is 24.2 Å². The number of benzene rings is 1. The van der Waals surface area contributed by atoms with Crippen molar-refractivity contribution in [3.63, 3.8) is 0 Å². The molecular weight excluding hydrogens is 470 g/mol. The lowest BCUT2D eigenvalue weighted by atomic mass is 9.46. The number of allylic oxidation sites excluding steroid dienone is 4. The quantitative estimate of drug-likeness (QED) is 0.591. The van der Waals surface area contributed by atoms with E-state index in [9.17, 15) is 24.6 Å². The molecule has 0 amide bonds. The Morgan fingerprint density at radius 2 is 2.03 bits per heavy atom. The molecule has 37 heavy (non-hydrogen) atoms. The SMILES string of the molecule is CC12C=CC(=O)C=C1CCC1C2[C@@H](O)CC2(C)C1CC[C@]2(O)C(=O)COC(=O)Cc1cccc(C#N)c1. The van der Waals surface area contributed by atoms with Crippen LogP contribution < -0.4 is 0 Å². The summed E-state index contributed by atoms with van der Waals surface area (Å²) in [6.45, 7) is 3.45. The molecule has 0 spiro atoms. The lowest BCUT2D eigenvalue weighted by molar-refractivity contribution is -0.181. The molecule has 0 radical (unpaired) electrons. The second-order valence-corrected chi connectivity index (χ2v) is 11.7. The maximum atomic E-state index is 13.4. The summed E-state index contributed by atoms with van der Waals surface area (Å²) < 4.78 is 5.27. The molecule has 2 N–H and O–H groups in total. The molecule has 1 aromatic rings. The molecular formula is C30H33NO6. The minimum Gasteiger partial charge on any atom is -0.457 e. The van der Waals surface area contributed by atoms with Gasteiger partial charge in [0.2, 0.25) is 5.78 Å². The molecule has 5 unspecified atom stereocenters. The molecule has 4 aliphatic rings. The van der Waals surface area contributed by atoms with Crippen molar-refractivity contribution in [2.75, 3.05) is 6.61 Å². The van der Waals surface area contributed by atoms with Crippen LogP contribution in [0.1, 0.15) is 57.1 Å². The van der Waals surface area contributed by atoms with Crippen LogP contribution in [0.15, 0.2) is 48.1 Å². The van der Waals surface area contributed by atoms with E-state index < -0.39 is 40.9 Å². The van der Waals surface area contributed by atoms with E-state index in [4.69, 9.17) is 10.00 Å². The summed E-state index contributed by atoms with van der Waals surface area (Å²) in [5.74, 6) is -1.11. The summed E-state index contributed by atoms with van der Waals surface area (Å²) in [6.07, 6.45) is 7.14. The molecule has 3 saturated carbocycles. The van der Waals surface area contributed by atoms with E-state index in [2.05, 4.69) is 6.92 Å². The van der Waals surface area contributed by atoms with Crippen molar-refractivity contribution in [1.82, 2.24) is 0 Å². The number of ether oxygens (including phenoxy) is 1. The molecule has 7 nitrogen and oxygen atoms in total. The van der Waals surface area contributed by atoms with Crippen LogP contribution in [0.4, 0.5) is 0 Å². The highest BCUT2D eigenvalue weighted by Crippen LogP contribution is 2.67. The second kappa shape index (κ2) is 9.04. The average molecular weight is 504 g/mol. The van der Waals surface area contributed by atoms with E-state index in [1.807, 2.05) is 19.1 Å². The highest BCUT2D eigenvalue weighted by molar-refractivity contribution is 6.01. The standard InChI is InChI=1S/C30H33NO6/c1-28-10-8-21(32)14-20(28)6-7-22-23-9-11-30(36,29(23,2)15-24(33)27(22)28)25(34)17-37-26(35)13-18-4-3-5-19(12-18)16-31/h3-5,8,10,12,14,22-24,27,33,36H,6-7,9,11,13,15,17H2,1-2H3/t22?,23?,24-,27?,28?,29?,30-/m0/s1. The lowest BCUT2D eigenvalue weighted by Gasteiger charge is -2.59. The van der Waals surface area contributed by atoms with Gasteiger partial charge in [-0.15, -0.1) is 0 Å². The first-order valence-corrected chi connectivity index (χ1v) is 13.0. The number of fused-ring (bicyclic) bond motifs is 5. The van der Waals surface area contributed by atoms with Crippen LogP contribution in [-0.4, -0.2) is 46.1 Å². The highest BCUT2D eigenvalue weighted by atomic mass is 16.5. The fraction of sp³-hybridized carbons (Fsp3) is 0.533. The van der Waals surface area contributed by atoms with E-state index >= 15 is 0 Å². The Balaban J connectivity index is 1.31. The predicted molar refractivity (Wildman–Crippen MR) is 134 cm³/mol. The number of hydrogen-bond donors (Lipinski definition) is 2. The molecule has 0 aromatic heterocycles. The molecule has 7 atom stereocenters. The number of rotatable bonds is 5. The minimum absolute atomic E-state index is 0.0192. The molecule has 0 bridgehead atoms. The summed E-state index contributed by atoms with van der Waals surface area (Å²) in [4.78, 5) is 37.8. The number of aliphatic hydroxyl groups excluding tert-OH is 1. The summed E-state index contributed by atoms with van der Waals surface area (Å²) in [5.41, 5.74) is -0.850. The average Bonchev–Trinajstić information content (AvgIpc) is 3.13. The smallest absolute Gasteiger partial charge is 0.310 e. The molecule has 4 aliphatic carbocycles. The van der Waals surface area contributed by atoms with E-state index in [0.717, 1.165) is 18.4 Å². The van der Waals surface area contributed by atoms with Gasteiger partial charge in [0.15, 0.2) is 12.4 Å². The van der Waals surface area contributed by atoms with Gasteiger partial charge in [-0.2, -0.15) is 5.26 Å². The van der Waals surface area contributed by atoms with Crippen LogP contribution in [0.25, 0.3) is 0 Å². The summed E-state index contributed by atoms with van der Waals surface area (Å²) in [5, 5.41) is 32.3. The fourth-order valence-corrected chi connectivity index (χ4v) is 8.02. The predicted octanol–water partition coefficient (Wildman–Crippen LogP) is 3.22. The summed E-state index contributed by atoms with van der Waals surface area (Å²) in [7, 11) is 0. The van der Waals surface area contributed by atoms with Crippen LogP contribution in [0.3, 0.4) is 0 Å².